The largest absolute Gasteiger partial charge is 0.478 e. The Morgan fingerprint density at radius 1 is 1.39 bits per heavy atom. The maximum atomic E-state index is 5.68. The lowest BCUT2D eigenvalue weighted by Crippen LogP contribution is -2.36. The topological polar surface area (TPSA) is 34.1 Å². The number of nitrogens with zero attached hydrogens (tertiary/aromatic N) is 1. The highest BCUT2D eigenvalue weighted by molar-refractivity contribution is 5.17. The Hall–Kier alpha value is -1.09. The molecule has 0 bridgehead atoms. The van der Waals surface area contributed by atoms with Gasteiger partial charge in [-0.3, -0.25) is 0 Å². The molecule has 1 aromatic heterocycles. The molecule has 2 rings (SSSR count). The summed E-state index contributed by atoms with van der Waals surface area (Å²) in [4.78, 5) is 4.49. The number of aromatic nitrogens is 1. The molecular formula is C15H24N2O. The molecule has 1 saturated carbocycles. The molecule has 3 heteroatoms. The number of pyridine rings is 1. The van der Waals surface area contributed by atoms with Crippen LogP contribution in [-0.4, -0.2) is 24.2 Å². The van der Waals surface area contributed by atoms with Gasteiger partial charge in [0.25, 0.3) is 0 Å². The zero-order chi connectivity index (χ0) is 12.8. The Balaban J connectivity index is 1.64. The van der Waals surface area contributed by atoms with E-state index in [1.165, 1.54) is 19.3 Å². The standard InChI is InChI=1S/C15H24N2O/c1-12(2)14-8-4-9-15(17-14)18-11-5-10-16-13-6-3-7-13/h4,8-9,12-13,16H,3,5-7,10-11H2,1-2H3. The summed E-state index contributed by atoms with van der Waals surface area (Å²) in [5, 5.41) is 3.53. The van der Waals surface area contributed by atoms with Gasteiger partial charge in [0.15, 0.2) is 0 Å². The van der Waals surface area contributed by atoms with Crippen LogP contribution in [0.15, 0.2) is 18.2 Å². The van der Waals surface area contributed by atoms with Crippen LogP contribution in [0.5, 0.6) is 5.88 Å². The van der Waals surface area contributed by atoms with Crippen molar-refractivity contribution >= 4 is 0 Å². The third kappa shape index (κ3) is 3.98. The van der Waals surface area contributed by atoms with Crippen LogP contribution in [0.1, 0.15) is 51.1 Å². The average molecular weight is 248 g/mol. The lowest BCUT2D eigenvalue weighted by Gasteiger charge is -2.26. The highest BCUT2D eigenvalue weighted by Gasteiger charge is 2.15. The number of hydrogen-bond donors (Lipinski definition) is 1. The minimum Gasteiger partial charge on any atom is -0.478 e. The van der Waals surface area contributed by atoms with Gasteiger partial charge in [-0.1, -0.05) is 26.3 Å². The monoisotopic (exact) mass is 248 g/mol. The average Bonchev–Trinajstić information content (AvgIpc) is 2.31. The summed E-state index contributed by atoms with van der Waals surface area (Å²) in [6.45, 7) is 6.09. The van der Waals surface area contributed by atoms with Crippen LogP contribution in [0.4, 0.5) is 0 Å². The first-order valence-electron chi connectivity index (χ1n) is 7.09. The van der Waals surface area contributed by atoms with Gasteiger partial charge in [0, 0.05) is 17.8 Å². The molecule has 0 spiro atoms. The number of hydrogen-bond acceptors (Lipinski definition) is 3. The van der Waals surface area contributed by atoms with Crippen molar-refractivity contribution in [1.29, 1.82) is 0 Å². The van der Waals surface area contributed by atoms with E-state index in [0.29, 0.717) is 5.92 Å². The van der Waals surface area contributed by atoms with Crippen LogP contribution in [0.3, 0.4) is 0 Å². The quantitative estimate of drug-likeness (QED) is 0.753. The van der Waals surface area contributed by atoms with Crippen molar-refractivity contribution in [2.24, 2.45) is 0 Å². The van der Waals surface area contributed by atoms with E-state index in [1.54, 1.807) is 0 Å². The summed E-state index contributed by atoms with van der Waals surface area (Å²) in [5.41, 5.74) is 1.10. The van der Waals surface area contributed by atoms with Gasteiger partial charge in [0.1, 0.15) is 0 Å². The van der Waals surface area contributed by atoms with Gasteiger partial charge in [-0.2, -0.15) is 0 Å². The molecular weight excluding hydrogens is 224 g/mol. The second-order valence-corrected chi connectivity index (χ2v) is 5.34. The lowest BCUT2D eigenvalue weighted by atomic mass is 9.93. The maximum absolute atomic E-state index is 5.68. The minimum atomic E-state index is 0.453. The first-order chi connectivity index (χ1) is 8.75. The normalized spacial score (nSPS) is 15.7. The summed E-state index contributed by atoms with van der Waals surface area (Å²) >= 11 is 0. The first kappa shape index (κ1) is 13.3. The van der Waals surface area contributed by atoms with Crippen LogP contribution < -0.4 is 10.1 Å². The Labute approximate surface area is 110 Å². The predicted molar refractivity (Wildman–Crippen MR) is 74.1 cm³/mol. The van der Waals surface area contributed by atoms with E-state index in [4.69, 9.17) is 4.74 Å². The fourth-order valence-electron chi connectivity index (χ4n) is 2.00. The molecule has 1 fully saturated rings. The second-order valence-electron chi connectivity index (χ2n) is 5.34. The molecule has 1 aliphatic rings. The number of rotatable bonds is 7. The Morgan fingerprint density at radius 3 is 2.89 bits per heavy atom. The van der Waals surface area contributed by atoms with Gasteiger partial charge in [-0.25, -0.2) is 4.98 Å². The molecule has 0 unspecified atom stereocenters. The van der Waals surface area contributed by atoms with Crippen LogP contribution >= 0.6 is 0 Å². The molecule has 0 saturated heterocycles. The van der Waals surface area contributed by atoms with Gasteiger partial charge < -0.3 is 10.1 Å². The lowest BCUT2D eigenvalue weighted by molar-refractivity contribution is 0.279. The van der Waals surface area contributed by atoms with E-state index >= 15 is 0 Å². The van der Waals surface area contributed by atoms with Crippen molar-refractivity contribution in [3.63, 3.8) is 0 Å². The first-order valence-corrected chi connectivity index (χ1v) is 7.09. The van der Waals surface area contributed by atoms with Crippen molar-refractivity contribution in [3.05, 3.63) is 23.9 Å². The second kappa shape index (κ2) is 6.74. The zero-order valence-corrected chi connectivity index (χ0v) is 11.5. The highest BCUT2D eigenvalue weighted by atomic mass is 16.5. The minimum absolute atomic E-state index is 0.453. The van der Waals surface area contributed by atoms with E-state index in [2.05, 4.69) is 30.2 Å². The van der Waals surface area contributed by atoms with Crippen LogP contribution in [-0.2, 0) is 0 Å². The van der Waals surface area contributed by atoms with Crippen LogP contribution in [0.25, 0.3) is 0 Å². The molecule has 0 aromatic carbocycles. The fourth-order valence-corrected chi connectivity index (χ4v) is 2.00. The van der Waals surface area contributed by atoms with Gasteiger partial charge in [0.2, 0.25) is 5.88 Å². The summed E-state index contributed by atoms with van der Waals surface area (Å²) < 4.78 is 5.68. The van der Waals surface area contributed by atoms with E-state index < -0.39 is 0 Å². The molecule has 0 radical (unpaired) electrons. The smallest absolute Gasteiger partial charge is 0.213 e. The van der Waals surface area contributed by atoms with Crippen molar-refractivity contribution in [1.82, 2.24) is 10.3 Å². The summed E-state index contributed by atoms with van der Waals surface area (Å²) in [6.07, 6.45) is 5.13. The van der Waals surface area contributed by atoms with E-state index in [0.717, 1.165) is 37.2 Å². The van der Waals surface area contributed by atoms with Crippen molar-refractivity contribution < 1.29 is 4.74 Å². The van der Waals surface area contributed by atoms with E-state index in [9.17, 15) is 0 Å². The Bertz CT molecular complexity index is 361. The van der Waals surface area contributed by atoms with Gasteiger partial charge in [-0.15, -0.1) is 0 Å². The molecule has 0 aliphatic heterocycles. The molecule has 100 valence electrons. The van der Waals surface area contributed by atoms with Gasteiger partial charge in [-0.05, 0) is 37.8 Å². The van der Waals surface area contributed by atoms with E-state index in [1.807, 2.05) is 12.1 Å². The Morgan fingerprint density at radius 2 is 2.22 bits per heavy atom. The van der Waals surface area contributed by atoms with Crippen LogP contribution in [0.2, 0.25) is 0 Å². The summed E-state index contributed by atoms with van der Waals surface area (Å²) in [5.74, 6) is 1.21. The molecule has 1 N–H and O–H groups in total. The molecule has 3 nitrogen and oxygen atoms in total. The predicted octanol–water partition coefficient (Wildman–Crippen LogP) is 3.12. The maximum Gasteiger partial charge on any atom is 0.213 e. The number of nitrogens with one attached hydrogen (secondary N) is 1. The molecule has 18 heavy (non-hydrogen) atoms. The fraction of sp³-hybridized carbons (Fsp3) is 0.667. The third-order valence-corrected chi connectivity index (χ3v) is 3.45. The zero-order valence-electron chi connectivity index (χ0n) is 11.5. The summed E-state index contributed by atoms with van der Waals surface area (Å²) in [6, 6.07) is 6.78. The summed E-state index contributed by atoms with van der Waals surface area (Å²) in [7, 11) is 0. The van der Waals surface area contributed by atoms with Crippen LogP contribution in [0, 0.1) is 0 Å². The molecule has 1 aliphatic carbocycles. The molecule has 0 atom stereocenters. The highest BCUT2D eigenvalue weighted by Crippen LogP contribution is 2.18. The molecule has 1 aromatic rings. The van der Waals surface area contributed by atoms with Crippen molar-refractivity contribution in [2.75, 3.05) is 13.2 Å². The van der Waals surface area contributed by atoms with Gasteiger partial charge in [0.05, 0.1) is 6.61 Å². The number of ether oxygens (including phenoxy) is 1. The third-order valence-electron chi connectivity index (χ3n) is 3.45. The van der Waals surface area contributed by atoms with E-state index in [-0.39, 0.29) is 0 Å². The van der Waals surface area contributed by atoms with Crippen molar-refractivity contribution in [2.45, 2.75) is 51.5 Å². The SMILES string of the molecule is CC(C)c1cccc(OCCCNC2CCC2)n1. The van der Waals surface area contributed by atoms with Gasteiger partial charge >= 0.3 is 0 Å². The molecule has 1 heterocycles. The van der Waals surface area contributed by atoms with Crippen molar-refractivity contribution in [3.8, 4) is 5.88 Å². The molecule has 0 amide bonds. The Kier molecular flexibility index (Phi) is 5.00.